The van der Waals surface area contributed by atoms with Crippen LogP contribution < -0.4 is 0 Å². The predicted octanol–water partition coefficient (Wildman–Crippen LogP) is 6.12. The van der Waals surface area contributed by atoms with Gasteiger partial charge in [0.25, 0.3) is 0 Å². The molecule has 1 unspecified atom stereocenters. The molecule has 1 aromatic heterocycles. The van der Waals surface area contributed by atoms with Gasteiger partial charge in [-0.2, -0.15) is 0 Å². The second kappa shape index (κ2) is 4.78. The third-order valence-electron chi connectivity index (χ3n) is 6.84. The highest BCUT2D eigenvalue weighted by Gasteiger charge is 2.51. The Labute approximate surface area is 138 Å². The zero-order valence-electron chi connectivity index (χ0n) is 14.8. The average molecular weight is 312 g/mol. The van der Waals surface area contributed by atoms with Gasteiger partial charge in [0.05, 0.1) is 0 Å². The van der Waals surface area contributed by atoms with Crippen LogP contribution >= 0.6 is 0 Å². The number of benzene rings is 1. The maximum absolute atomic E-state index is 10.0. The van der Waals surface area contributed by atoms with E-state index in [4.69, 9.17) is 4.42 Å². The molecule has 0 radical (unpaired) electrons. The summed E-state index contributed by atoms with van der Waals surface area (Å²) in [6, 6.07) is 5.58. The fraction of sp³-hybridized carbons (Fsp3) is 0.619. The van der Waals surface area contributed by atoms with Crippen LogP contribution in [0.2, 0.25) is 0 Å². The van der Waals surface area contributed by atoms with E-state index < -0.39 is 0 Å². The Kier molecular flexibility index (Phi) is 3.14. The van der Waals surface area contributed by atoms with E-state index >= 15 is 0 Å². The van der Waals surface area contributed by atoms with Gasteiger partial charge in [-0.3, -0.25) is 0 Å². The van der Waals surface area contributed by atoms with Crippen molar-refractivity contribution in [1.29, 1.82) is 0 Å². The van der Waals surface area contributed by atoms with Gasteiger partial charge in [-0.25, -0.2) is 0 Å². The molecule has 1 N–H and O–H groups in total. The summed E-state index contributed by atoms with van der Waals surface area (Å²) in [6.07, 6.45) is 6.29. The molecule has 0 aliphatic heterocycles. The number of phenolic OH excluding ortho intramolecular Hbond substituents is 1. The number of hydrogen-bond acceptors (Lipinski definition) is 2. The molecule has 0 saturated heterocycles. The first kappa shape index (κ1) is 15.1. The molecule has 1 heterocycles. The Hall–Kier alpha value is -1.44. The molecule has 1 saturated carbocycles. The molecular formula is C21H28O2. The summed E-state index contributed by atoms with van der Waals surface area (Å²) in [4.78, 5) is 0. The largest absolute Gasteiger partial charge is 0.508 e. The number of phenols is 1. The minimum Gasteiger partial charge on any atom is -0.508 e. The zero-order valence-corrected chi connectivity index (χ0v) is 14.8. The van der Waals surface area contributed by atoms with Crippen LogP contribution in [-0.2, 0) is 5.41 Å². The Morgan fingerprint density at radius 1 is 1.13 bits per heavy atom. The first-order valence-electron chi connectivity index (χ1n) is 9.09. The summed E-state index contributed by atoms with van der Waals surface area (Å²) < 4.78 is 6.31. The van der Waals surface area contributed by atoms with Crippen molar-refractivity contribution in [2.75, 3.05) is 0 Å². The highest BCUT2D eigenvalue weighted by Crippen LogP contribution is 2.59. The van der Waals surface area contributed by atoms with Gasteiger partial charge in [-0.1, -0.05) is 34.1 Å². The van der Waals surface area contributed by atoms with Gasteiger partial charge in [-0.15, -0.1) is 0 Å². The van der Waals surface area contributed by atoms with Gasteiger partial charge in [0.2, 0.25) is 0 Å². The van der Waals surface area contributed by atoms with Crippen LogP contribution in [0.25, 0.3) is 11.0 Å². The molecule has 124 valence electrons. The minimum absolute atomic E-state index is 0.154. The molecule has 2 aliphatic carbocycles. The van der Waals surface area contributed by atoms with E-state index in [0.717, 1.165) is 11.0 Å². The SMILES string of the molecule is C[C@@H]1CCC2C(C)(C)CCC[C@]2(C)c2c1oc1ccc(O)cc21. The van der Waals surface area contributed by atoms with Crippen LogP contribution in [0.1, 0.15) is 77.0 Å². The maximum Gasteiger partial charge on any atom is 0.134 e. The van der Waals surface area contributed by atoms with Crippen molar-refractivity contribution in [2.45, 2.75) is 71.1 Å². The number of furan rings is 1. The van der Waals surface area contributed by atoms with Gasteiger partial charge in [0.1, 0.15) is 17.1 Å². The lowest BCUT2D eigenvalue weighted by Gasteiger charge is -2.50. The molecule has 1 aromatic carbocycles. The van der Waals surface area contributed by atoms with Gasteiger partial charge in [0.15, 0.2) is 0 Å². The standard InChI is InChI=1S/C21H28O2/c1-13-6-9-17-20(2,3)10-5-11-21(17,4)18-15-12-14(22)7-8-16(15)23-19(13)18/h7-8,12-13,17,22H,5-6,9-11H2,1-4H3/t13-,17?,21+/m1/s1. The summed E-state index contributed by atoms with van der Waals surface area (Å²) in [7, 11) is 0. The minimum atomic E-state index is 0.154. The molecule has 2 nitrogen and oxygen atoms in total. The van der Waals surface area contributed by atoms with Crippen LogP contribution in [0.4, 0.5) is 0 Å². The van der Waals surface area contributed by atoms with Crippen molar-refractivity contribution in [1.82, 2.24) is 0 Å². The lowest BCUT2D eigenvalue weighted by atomic mass is 9.53. The fourth-order valence-corrected chi connectivity index (χ4v) is 5.72. The Morgan fingerprint density at radius 3 is 2.70 bits per heavy atom. The van der Waals surface area contributed by atoms with E-state index in [1.54, 1.807) is 6.07 Å². The van der Waals surface area contributed by atoms with E-state index in [0.29, 0.717) is 23.0 Å². The van der Waals surface area contributed by atoms with E-state index in [9.17, 15) is 5.11 Å². The first-order valence-corrected chi connectivity index (χ1v) is 9.09. The fourth-order valence-electron chi connectivity index (χ4n) is 5.72. The lowest BCUT2D eigenvalue weighted by molar-refractivity contribution is 0.0504. The first-order chi connectivity index (χ1) is 10.8. The second-order valence-electron chi connectivity index (χ2n) is 8.81. The number of aromatic hydroxyl groups is 1. The topological polar surface area (TPSA) is 33.4 Å². The van der Waals surface area contributed by atoms with Crippen LogP contribution in [0.5, 0.6) is 5.75 Å². The molecule has 0 amide bonds. The summed E-state index contributed by atoms with van der Waals surface area (Å²) in [5.74, 6) is 2.65. The van der Waals surface area contributed by atoms with Crippen molar-refractivity contribution in [3.8, 4) is 5.75 Å². The second-order valence-corrected chi connectivity index (χ2v) is 8.81. The number of fused-ring (bicyclic) bond motifs is 5. The predicted molar refractivity (Wildman–Crippen MR) is 94.0 cm³/mol. The quantitative estimate of drug-likeness (QED) is 0.635. The van der Waals surface area contributed by atoms with Crippen LogP contribution in [0.3, 0.4) is 0 Å². The van der Waals surface area contributed by atoms with Gasteiger partial charge in [-0.05, 0) is 60.6 Å². The third-order valence-corrected chi connectivity index (χ3v) is 6.84. The molecule has 4 rings (SSSR count). The number of rotatable bonds is 0. The Morgan fingerprint density at radius 2 is 1.91 bits per heavy atom. The number of hydrogen-bond donors (Lipinski definition) is 1. The van der Waals surface area contributed by atoms with Crippen molar-refractivity contribution >= 4 is 11.0 Å². The smallest absolute Gasteiger partial charge is 0.134 e. The molecule has 2 aliphatic rings. The zero-order chi connectivity index (χ0) is 16.4. The van der Waals surface area contributed by atoms with Crippen LogP contribution in [-0.4, -0.2) is 5.11 Å². The van der Waals surface area contributed by atoms with Crippen LogP contribution in [0, 0.1) is 11.3 Å². The Balaban J connectivity index is 2.02. The van der Waals surface area contributed by atoms with Crippen molar-refractivity contribution in [2.24, 2.45) is 11.3 Å². The monoisotopic (exact) mass is 312 g/mol. The molecule has 1 fully saturated rings. The van der Waals surface area contributed by atoms with Crippen molar-refractivity contribution in [3.63, 3.8) is 0 Å². The van der Waals surface area contributed by atoms with E-state index in [1.165, 1.54) is 43.4 Å². The molecular weight excluding hydrogens is 284 g/mol. The third kappa shape index (κ3) is 2.07. The van der Waals surface area contributed by atoms with E-state index in [1.807, 2.05) is 12.1 Å². The van der Waals surface area contributed by atoms with E-state index in [-0.39, 0.29) is 5.41 Å². The summed E-state index contributed by atoms with van der Waals surface area (Å²) in [5, 5.41) is 11.2. The molecule has 0 bridgehead atoms. The van der Waals surface area contributed by atoms with Crippen molar-refractivity contribution < 1.29 is 9.52 Å². The maximum atomic E-state index is 10.0. The molecule has 2 heteroatoms. The van der Waals surface area contributed by atoms with Crippen LogP contribution in [0.15, 0.2) is 22.6 Å². The van der Waals surface area contributed by atoms with E-state index in [2.05, 4.69) is 27.7 Å². The summed E-state index contributed by atoms with van der Waals surface area (Å²) in [6.45, 7) is 9.65. The normalized spacial score (nSPS) is 33.0. The summed E-state index contributed by atoms with van der Waals surface area (Å²) in [5.41, 5.74) is 2.85. The van der Waals surface area contributed by atoms with Crippen molar-refractivity contribution in [3.05, 3.63) is 29.5 Å². The molecule has 3 atom stereocenters. The molecule has 0 spiro atoms. The molecule has 2 aromatic rings. The Bertz CT molecular complexity index is 755. The van der Waals surface area contributed by atoms with Gasteiger partial charge in [0, 0.05) is 16.9 Å². The highest BCUT2D eigenvalue weighted by atomic mass is 16.3. The highest BCUT2D eigenvalue weighted by molar-refractivity contribution is 5.85. The summed E-state index contributed by atoms with van der Waals surface area (Å²) >= 11 is 0. The lowest BCUT2D eigenvalue weighted by Crippen LogP contribution is -2.44. The molecule has 23 heavy (non-hydrogen) atoms. The van der Waals surface area contributed by atoms with Gasteiger partial charge < -0.3 is 9.52 Å². The average Bonchev–Trinajstić information content (AvgIpc) is 2.79. The van der Waals surface area contributed by atoms with Gasteiger partial charge >= 0.3 is 0 Å².